The Bertz CT molecular complexity index is 836. The van der Waals surface area contributed by atoms with Crippen molar-refractivity contribution in [3.05, 3.63) is 47.3 Å². The molecule has 28 heavy (non-hydrogen) atoms. The first-order chi connectivity index (χ1) is 13.0. The van der Waals surface area contributed by atoms with Crippen LogP contribution in [-0.4, -0.2) is 33.9 Å². The van der Waals surface area contributed by atoms with Crippen LogP contribution in [0.15, 0.2) is 30.3 Å². The molecule has 1 unspecified atom stereocenters. The lowest BCUT2D eigenvalue weighted by Crippen LogP contribution is -2.30. The zero-order valence-electron chi connectivity index (χ0n) is 17.5. The minimum absolute atomic E-state index is 0.187. The number of aryl methyl sites for hydroxylation is 2. The number of carbonyl (C=O) groups excluding carboxylic acids is 2. The van der Waals surface area contributed by atoms with Crippen LogP contribution in [0, 0.1) is 19.8 Å². The molecule has 2 N–H and O–H groups in total. The standard InChI is InChI=1S/C21H30N4O3/c1-14(13-25-16(3)10-15(2)24-25)12-22-19(26)17-8-7-9-18(11-17)23-20(27)28-21(4,5)6/h7-11,14H,12-13H2,1-6H3,(H,22,26)(H,23,27). The molecule has 1 atom stereocenters. The second kappa shape index (κ2) is 8.91. The van der Waals surface area contributed by atoms with Crippen molar-refractivity contribution in [3.8, 4) is 0 Å². The van der Waals surface area contributed by atoms with Crippen LogP contribution in [0.3, 0.4) is 0 Å². The Kier molecular flexibility index (Phi) is 6.83. The van der Waals surface area contributed by atoms with Gasteiger partial charge in [0.2, 0.25) is 0 Å². The van der Waals surface area contributed by atoms with Gasteiger partial charge in [0.1, 0.15) is 5.60 Å². The van der Waals surface area contributed by atoms with Crippen molar-refractivity contribution in [2.24, 2.45) is 5.92 Å². The van der Waals surface area contributed by atoms with Crippen LogP contribution in [0.4, 0.5) is 10.5 Å². The largest absolute Gasteiger partial charge is 0.444 e. The fourth-order valence-corrected chi connectivity index (χ4v) is 2.75. The molecule has 2 aromatic rings. The summed E-state index contributed by atoms with van der Waals surface area (Å²) in [6.45, 7) is 12.7. The summed E-state index contributed by atoms with van der Waals surface area (Å²) in [5.41, 5.74) is 2.50. The maximum absolute atomic E-state index is 12.5. The molecule has 2 rings (SSSR count). The van der Waals surface area contributed by atoms with Crippen molar-refractivity contribution in [2.75, 3.05) is 11.9 Å². The normalized spacial score (nSPS) is 12.4. The first kappa shape index (κ1) is 21.5. The van der Waals surface area contributed by atoms with E-state index in [9.17, 15) is 9.59 Å². The molecule has 1 aromatic carbocycles. The van der Waals surface area contributed by atoms with E-state index in [1.807, 2.05) is 24.6 Å². The number of aromatic nitrogens is 2. The highest BCUT2D eigenvalue weighted by Crippen LogP contribution is 2.14. The van der Waals surface area contributed by atoms with Gasteiger partial charge in [-0.2, -0.15) is 5.10 Å². The minimum atomic E-state index is -0.583. The van der Waals surface area contributed by atoms with Crippen LogP contribution in [0.5, 0.6) is 0 Å². The second-order valence-corrected chi connectivity index (χ2v) is 8.13. The molecular weight excluding hydrogens is 356 g/mol. The van der Waals surface area contributed by atoms with Crippen LogP contribution in [0.2, 0.25) is 0 Å². The van der Waals surface area contributed by atoms with Crippen LogP contribution in [-0.2, 0) is 11.3 Å². The average Bonchev–Trinajstić information content (AvgIpc) is 2.88. The summed E-state index contributed by atoms with van der Waals surface area (Å²) in [5, 5.41) is 10.0. The number of benzene rings is 1. The van der Waals surface area contributed by atoms with Gasteiger partial charge in [0, 0.05) is 30.0 Å². The zero-order chi connectivity index (χ0) is 20.9. The van der Waals surface area contributed by atoms with E-state index >= 15 is 0 Å². The summed E-state index contributed by atoms with van der Waals surface area (Å²) in [6, 6.07) is 8.81. The average molecular weight is 386 g/mol. The molecule has 0 aliphatic carbocycles. The molecule has 7 nitrogen and oxygen atoms in total. The zero-order valence-corrected chi connectivity index (χ0v) is 17.5. The van der Waals surface area contributed by atoms with E-state index in [1.54, 1.807) is 45.0 Å². The van der Waals surface area contributed by atoms with Crippen LogP contribution >= 0.6 is 0 Å². The summed E-state index contributed by atoms with van der Waals surface area (Å²) in [7, 11) is 0. The molecular formula is C21H30N4O3. The molecule has 2 amide bonds. The number of nitrogens with zero attached hydrogens (tertiary/aromatic N) is 2. The van der Waals surface area contributed by atoms with Crippen molar-refractivity contribution in [1.29, 1.82) is 0 Å². The lowest BCUT2D eigenvalue weighted by atomic mass is 10.1. The number of nitrogens with one attached hydrogen (secondary N) is 2. The van der Waals surface area contributed by atoms with Gasteiger partial charge in [-0.05, 0) is 64.8 Å². The third-order valence-electron chi connectivity index (χ3n) is 3.97. The molecule has 0 saturated heterocycles. The summed E-state index contributed by atoms with van der Waals surface area (Å²) < 4.78 is 7.19. The highest BCUT2D eigenvalue weighted by atomic mass is 16.6. The number of ether oxygens (including phenoxy) is 1. The maximum atomic E-state index is 12.5. The minimum Gasteiger partial charge on any atom is -0.444 e. The topological polar surface area (TPSA) is 85.2 Å². The molecule has 1 heterocycles. The Morgan fingerprint density at radius 3 is 2.54 bits per heavy atom. The van der Waals surface area contributed by atoms with Gasteiger partial charge in [-0.15, -0.1) is 0 Å². The van der Waals surface area contributed by atoms with Crippen molar-refractivity contribution in [2.45, 2.75) is 53.7 Å². The van der Waals surface area contributed by atoms with E-state index in [-0.39, 0.29) is 11.8 Å². The highest BCUT2D eigenvalue weighted by Gasteiger charge is 2.17. The predicted molar refractivity (Wildman–Crippen MR) is 109 cm³/mol. The molecule has 7 heteroatoms. The Morgan fingerprint density at radius 2 is 1.93 bits per heavy atom. The molecule has 1 aromatic heterocycles. The molecule has 0 aliphatic heterocycles. The molecule has 0 spiro atoms. The van der Waals surface area contributed by atoms with Gasteiger partial charge < -0.3 is 10.1 Å². The van der Waals surface area contributed by atoms with E-state index in [1.165, 1.54) is 0 Å². The molecule has 152 valence electrons. The third-order valence-corrected chi connectivity index (χ3v) is 3.97. The van der Waals surface area contributed by atoms with Gasteiger partial charge in [-0.3, -0.25) is 14.8 Å². The quantitative estimate of drug-likeness (QED) is 0.788. The Morgan fingerprint density at radius 1 is 1.21 bits per heavy atom. The van der Waals surface area contributed by atoms with Gasteiger partial charge in [0.25, 0.3) is 5.91 Å². The SMILES string of the molecule is Cc1cc(C)n(CC(C)CNC(=O)c2cccc(NC(=O)OC(C)(C)C)c2)n1. The molecule has 0 radical (unpaired) electrons. The lowest BCUT2D eigenvalue weighted by Gasteiger charge is -2.19. The van der Waals surface area contributed by atoms with Gasteiger partial charge in [0.05, 0.1) is 5.69 Å². The number of hydrogen-bond acceptors (Lipinski definition) is 4. The first-order valence-electron chi connectivity index (χ1n) is 9.43. The van der Waals surface area contributed by atoms with E-state index < -0.39 is 11.7 Å². The number of rotatable bonds is 6. The van der Waals surface area contributed by atoms with E-state index in [0.717, 1.165) is 17.9 Å². The van der Waals surface area contributed by atoms with E-state index in [4.69, 9.17) is 4.74 Å². The Balaban J connectivity index is 1.90. The summed E-state index contributed by atoms with van der Waals surface area (Å²) in [4.78, 5) is 24.3. The fourth-order valence-electron chi connectivity index (χ4n) is 2.75. The van der Waals surface area contributed by atoms with Crippen molar-refractivity contribution < 1.29 is 14.3 Å². The smallest absolute Gasteiger partial charge is 0.412 e. The fraction of sp³-hybridized carbons (Fsp3) is 0.476. The predicted octanol–water partition coefficient (Wildman–Crippen LogP) is 3.91. The van der Waals surface area contributed by atoms with Gasteiger partial charge in [-0.25, -0.2) is 4.79 Å². The van der Waals surface area contributed by atoms with Crippen LogP contribution in [0.25, 0.3) is 0 Å². The maximum Gasteiger partial charge on any atom is 0.412 e. The van der Waals surface area contributed by atoms with E-state index in [2.05, 4.69) is 22.7 Å². The summed E-state index contributed by atoms with van der Waals surface area (Å²) in [6.07, 6.45) is -0.552. The number of hydrogen-bond donors (Lipinski definition) is 2. The molecule has 0 aliphatic rings. The first-order valence-corrected chi connectivity index (χ1v) is 9.43. The van der Waals surface area contributed by atoms with Gasteiger partial charge in [0.15, 0.2) is 0 Å². The second-order valence-electron chi connectivity index (χ2n) is 8.13. The number of anilines is 1. The highest BCUT2D eigenvalue weighted by molar-refractivity contribution is 5.96. The van der Waals surface area contributed by atoms with Crippen molar-refractivity contribution in [3.63, 3.8) is 0 Å². The molecule has 0 fully saturated rings. The number of amides is 2. The Hall–Kier alpha value is -2.83. The van der Waals surface area contributed by atoms with Gasteiger partial charge >= 0.3 is 6.09 Å². The lowest BCUT2D eigenvalue weighted by molar-refractivity contribution is 0.0635. The Labute approximate surface area is 166 Å². The van der Waals surface area contributed by atoms with Crippen LogP contribution < -0.4 is 10.6 Å². The van der Waals surface area contributed by atoms with E-state index in [0.29, 0.717) is 17.8 Å². The van der Waals surface area contributed by atoms with Crippen molar-refractivity contribution in [1.82, 2.24) is 15.1 Å². The monoisotopic (exact) mass is 386 g/mol. The number of carbonyl (C=O) groups is 2. The molecule has 0 saturated carbocycles. The summed E-state index contributed by atoms with van der Waals surface area (Å²) >= 11 is 0. The third kappa shape index (κ3) is 6.72. The van der Waals surface area contributed by atoms with Gasteiger partial charge in [-0.1, -0.05) is 13.0 Å². The molecule has 0 bridgehead atoms. The van der Waals surface area contributed by atoms with Crippen molar-refractivity contribution >= 4 is 17.7 Å². The summed E-state index contributed by atoms with van der Waals surface area (Å²) in [5.74, 6) is 0.0399. The van der Waals surface area contributed by atoms with Crippen LogP contribution in [0.1, 0.15) is 49.4 Å².